The van der Waals surface area contributed by atoms with E-state index < -0.39 is 11.7 Å². The predicted molar refractivity (Wildman–Crippen MR) is 63.0 cm³/mol. The first kappa shape index (κ1) is 14.1. The first-order valence-electron chi connectivity index (χ1n) is 5.12. The van der Waals surface area contributed by atoms with Crippen molar-refractivity contribution in [3.05, 3.63) is 47.5 Å². The number of hydrogen-bond acceptors (Lipinski definition) is 1. The summed E-state index contributed by atoms with van der Waals surface area (Å²) in [4.78, 5) is 0. The Bertz CT molecular complexity index is 374. The van der Waals surface area contributed by atoms with Gasteiger partial charge in [0.25, 0.3) is 0 Å². The zero-order valence-electron chi connectivity index (χ0n) is 9.10. The summed E-state index contributed by atoms with van der Waals surface area (Å²) in [5, 5.41) is 2.90. The number of benzene rings is 1. The Morgan fingerprint density at radius 3 is 2.53 bits per heavy atom. The summed E-state index contributed by atoms with van der Waals surface area (Å²) in [5.74, 6) is 0.404. The fourth-order valence-electron chi connectivity index (χ4n) is 1.39. The molecule has 5 heteroatoms. The highest BCUT2D eigenvalue weighted by molar-refractivity contribution is 6.18. The molecule has 0 amide bonds. The van der Waals surface area contributed by atoms with Gasteiger partial charge in [0.2, 0.25) is 0 Å². The quantitative estimate of drug-likeness (QED) is 0.486. The molecule has 94 valence electrons. The van der Waals surface area contributed by atoms with Gasteiger partial charge in [-0.2, -0.15) is 13.2 Å². The number of nitrogens with one attached hydrogen (secondary N) is 1. The molecule has 0 heterocycles. The summed E-state index contributed by atoms with van der Waals surface area (Å²) in [5.41, 5.74) is -0.340. The number of alkyl halides is 4. The lowest BCUT2D eigenvalue weighted by atomic mass is 10.1. The van der Waals surface area contributed by atoms with Gasteiger partial charge in [-0.1, -0.05) is 30.4 Å². The maximum Gasteiger partial charge on any atom is 0.416 e. The SMILES string of the molecule is FC(F)(F)c1ccccc1CNC/C=C/CCl. The normalized spacial score (nSPS) is 12.2. The van der Waals surface area contributed by atoms with Gasteiger partial charge in [-0.15, -0.1) is 11.6 Å². The molecular weight excluding hydrogens is 251 g/mol. The van der Waals surface area contributed by atoms with Crippen molar-refractivity contribution in [3.8, 4) is 0 Å². The molecule has 0 bridgehead atoms. The van der Waals surface area contributed by atoms with Crippen LogP contribution in [0.2, 0.25) is 0 Å². The lowest BCUT2D eigenvalue weighted by molar-refractivity contribution is -0.138. The van der Waals surface area contributed by atoms with Crippen molar-refractivity contribution in [2.45, 2.75) is 12.7 Å². The summed E-state index contributed by atoms with van der Waals surface area (Å²) < 4.78 is 37.9. The first-order chi connectivity index (χ1) is 8.05. The van der Waals surface area contributed by atoms with Gasteiger partial charge in [-0.3, -0.25) is 0 Å². The third-order valence-corrected chi connectivity index (χ3v) is 2.33. The molecule has 0 unspecified atom stereocenters. The van der Waals surface area contributed by atoms with Crippen LogP contribution in [0.3, 0.4) is 0 Å². The molecule has 1 rings (SSSR count). The van der Waals surface area contributed by atoms with Crippen molar-refractivity contribution < 1.29 is 13.2 Å². The maximum atomic E-state index is 12.6. The smallest absolute Gasteiger partial charge is 0.309 e. The summed E-state index contributed by atoms with van der Waals surface area (Å²) in [6.45, 7) is 0.682. The van der Waals surface area contributed by atoms with Gasteiger partial charge in [-0.25, -0.2) is 0 Å². The average Bonchev–Trinajstić information content (AvgIpc) is 2.28. The van der Waals surface area contributed by atoms with Crippen molar-refractivity contribution in [1.29, 1.82) is 0 Å². The van der Waals surface area contributed by atoms with Gasteiger partial charge < -0.3 is 5.32 Å². The van der Waals surface area contributed by atoms with Crippen LogP contribution < -0.4 is 5.32 Å². The van der Waals surface area contributed by atoms with Crippen LogP contribution in [0.1, 0.15) is 11.1 Å². The minimum absolute atomic E-state index is 0.183. The van der Waals surface area contributed by atoms with Crippen molar-refractivity contribution in [3.63, 3.8) is 0 Å². The van der Waals surface area contributed by atoms with E-state index in [4.69, 9.17) is 11.6 Å². The van der Waals surface area contributed by atoms with E-state index in [-0.39, 0.29) is 12.1 Å². The molecule has 0 fully saturated rings. The molecule has 0 saturated carbocycles. The fourth-order valence-corrected chi connectivity index (χ4v) is 1.51. The first-order valence-corrected chi connectivity index (χ1v) is 5.66. The second-order valence-electron chi connectivity index (χ2n) is 3.41. The number of hydrogen-bond donors (Lipinski definition) is 1. The van der Waals surface area contributed by atoms with E-state index >= 15 is 0 Å². The highest BCUT2D eigenvalue weighted by atomic mass is 35.5. The van der Waals surface area contributed by atoms with Crippen LogP contribution in [0.4, 0.5) is 13.2 Å². The highest BCUT2D eigenvalue weighted by Crippen LogP contribution is 2.31. The zero-order valence-corrected chi connectivity index (χ0v) is 9.85. The number of halogens is 4. The standard InChI is InChI=1S/C12H13ClF3N/c13-7-3-4-8-17-9-10-5-1-2-6-11(10)12(14,15)16/h1-6,17H,7-9H2/b4-3+. The van der Waals surface area contributed by atoms with Crippen LogP contribution >= 0.6 is 11.6 Å². The monoisotopic (exact) mass is 263 g/mol. The van der Waals surface area contributed by atoms with Crippen molar-refractivity contribution in [1.82, 2.24) is 5.32 Å². The number of allylic oxidation sites excluding steroid dienone is 1. The van der Waals surface area contributed by atoms with Gasteiger partial charge in [-0.05, 0) is 11.6 Å². The fraction of sp³-hybridized carbons (Fsp3) is 0.333. The van der Waals surface area contributed by atoms with E-state index in [9.17, 15) is 13.2 Å². The molecular formula is C12H13ClF3N. The van der Waals surface area contributed by atoms with Crippen LogP contribution in [0.25, 0.3) is 0 Å². The molecule has 0 saturated heterocycles. The third kappa shape index (κ3) is 4.79. The largest absolute Gasteiger partial charge is 0.416 e. The van der Waals surface area contributed by atoms with Gasteiger partial charge in [0.05, 0.1) is 5.56 Å². The van der Waals surface area contributed by atoms with Gasteiger partial charge >= 0.3 is 6.18 Å². The van der Waals surface area contributed by atoms with Crippen LogP contribution in [0.5, 0.6) is 0 Å². The summed E-state index contributed by atoms with van der Waals surface area (Å²) in [6.07, 6.45) is -0.780. The van der Waals surface area contributed by atoms with Crippen LogP contribution in [0, 0.1) is 0 Å². The molecule has 0 aromatic heterocycles. The molecule has 1 aromatic rings. The molecule has 0 aliphatic carbocycles. The summed E-state index contributed by atoms with van der Waals surface area (Å²) >= 11 is 5.42. The Kier molecular flexibility index (Phi) is 5.51. The van der Waals surface area contributed by atoms with Gasteiger partial charge in [0.15, 0.2) is 0 Å². The Balaban J connectivity index is 2.62. The van der Waals surface area contributed by atoms with Crippen molar-refractivity contribution in [2.24, 2.45) is 0 Å². The Morgan fingerprint density at radius 2 is 1.88 bits per heavy atom. The lowest BCUT2D eigenvalue weighted by Crippen LogP contribution is -2.17. The molecule has 17 heavy (non-hydrogen) atoms. The van der Waals surface area contributed by atoms with Gasteiger partial charge in [0, 0.05) is 19.0 Å². The molecule has 1 N–H and O–H groups in total. The predicted octanol–water partition coefficient (Wildman–Crippen LogP) is 3.59. The maximum absolute atomic E-state index is 12.6. The topological polar surface area (TPSA) is 12.0 Å². The molecule has 0 aliphatic rings. The zero-order chi connectivity index (χ0) is 12.7. The van der Waals surface area contributed by atoms with Gasteiger partial charge in [0.1, 0.15) is 0 Å². The van der Waals surface area contributed by atoms with E-state index in [2.05, 4.69) is 5.32 Å². The second kappa shape index (κ2) is 6.67. The highest BCUT2D eigenvalue weighted by Gasteiger charge is 2.32. The summed E-state index contributed by atoms with van der Waals surface area (Å²) in [7, 11) is 0. The Hall–Kier alpha value is -1.00. The Morgan fingerprint density at radius 1 is 1.18 bits per heavy atom. The second-order valence-corrected chi connectivity index (χ2v) is 3.72. The van der Waals surface area contributed by atoms with Crippen molar-refractivity contribution in [2.75, 3.05) is 12.4 Å². The van der Waals surface area contributed by atoms with Crippen LogP contribution in [-0.4, -0.2) is 12.4 Å². The van der Waals surface area contributed by atoms with E-state index in [0.717, 1.165) is 6.07 Å². The average molecular weight is 264 g/mol. The number of rotatable bonds is 5. The van der Waals surface area contributed by atoms with E-state index in [0.29, 0.717) is 12.4 Å². The van der Waals surface area contributed by atoms with E-state index in [1.165, 1.54) is 12.1 Å². The van der Waals surface area contributed by atoms with Crippen LogP contribution in [0.15, 0.2) is 36.4 Å². The van der Waals surface area contributed by atoms with Crippen molar-refractivity contribution >= 4 is 11.6 Å². The van der Waals surface area contributed by atoms with E-state index in [1.54, 1.807) is 18.2 Å². The minimum atomic E-state index is -4.30. The summed E-state index contributed by atoms with van der Waals surface area (Å²) in [6, 6.07) is 5.55. The molecule has 1 aromatic carbocycles. The third-order valence-electron chi connectivity index (χ3n) is 2.16. The molecule has 0 atom stereocenters. The Labute approximate surface area is 103 Å². The molecule has 0 spiro atoms. The molecule has 0 radical (unpaired) electrons. The van der Waals surface area contributed by atoms with E-state index in [1.807, 2.05) is 0 Å². The van der Waals surface area contributed by atoms with Crippen LogP contribution in [-0.2, 0) is 12.7 Å². The molecule has 0 aliphatic heterocycles. The lowest BCUT2D eigenvalue weighted by Gasteiger charge is -2.12. The molecule has 1 nitrogen and oxygen atoms in total. The minimum Gasteiger partial charge on any atom is -0.309 e.